The summed E-state index contributed by atoms with van der Waals surface area (Å²) < 4.78 is 0. The van der Waals surface area contributed by atoms with Gasteiger partial charge in [0, 0.05) is 0 Å². The molecule has 0 radical (unpaired) electrons. The summed E-state index contributed by atoms with van der Waals surface area (Å²) in [5, 5.41) is 0. The molecular weight excluding hydrogens is 192 g/mol. The van der Waals surface area contributed by atoms with Gasteiger partial charge in [-0.1, -0.05) is 79.6 Å². The quantitative estimate of drug-likeness (QED) is 0.389. The summed E-state index contributed by atoms with van der Waals surface area (Å²) in [6.45, 7) is 11.9. The van der Waals surface area contributed by atoms with Crippen LogP contribution in [0.15, 0.2) is 0 Å². The molecule has 0 bridgehead atoms. The fourth-order valence-corrected chi connectivity index (χ4v) is 2.86. The van der Waals surface area contributed by atoms with Crippen molar-refractivity contribution in [3.8, 4) is 0 Å². The molecule has 0 aromatic rings. The molecule has 0 heteroatoms. The van der Waals surface area contributed by atoms with E-state index in [0.717, 1.165) is 5.92 Å². The van der Waals surface area contributed by atoms with Crippen molar-refractivity contribution in [2.24, 2.45) is 11.3 Å². The summed E-state index contributed by atoms with van der Waals surface area (Å²) >= 11 is 0. The standard InChI is InChI=1S/C16H34/c1-6-10-11-12-15(8-3)14-16(5,9-4)13-7-2/h15H,6-14H2,1-5H3. The van der Waals surface area contributed by atoms with Crippen LogP contribution in [0.25, 0.3) is 0 Å². The first kappa shape index (κ1) is 16.0. The van der Waals surface area contributed by atoms with Crippen molar-refractivity contribution in [3.05, 3.63) is 0 Å². The van der Waals surface area contributed by atoms with Crippen molar-refractivity contribution >= 4 is 0 Å². The second-order valence-electron chi connectivity index (χ2n) is 5.89. The average Bonchev–Trinajstić information content (AvgIpc) is 2.28. The number of rotatable bonds is 10. The Morgan fingerprint density at radius 3 is 2.06 bits per heavy atom. The van der Waals surface area contributed by atoms with Crippen LogP contribution < -0.4 is 0 Å². The zero-order chi connectivity index (χ0) is 12.4. The molecule has 0 rings (SSSR count). The van der Waals surface area contributed by atoms with Crippen LogP contribution in [0.3, 0.4) is 0 Å². The summed E-state index contributed by atoms with van der Waals surface area (Å²) in [7, 11) is 0. The van der Waals surface area contributed by atoms with E-state index in [1.165, 1.54) is 57.8 Å². The van der Waals surface area contributed by atoms with Gasteiger partial charge in [0.1, 0.15) is 0 Å². The van der Waals surface area contributed by atoms with Gasteiger partial charge in [-0.25, -0.2) is 0 Å². The molecule has 0 saturated carbocycles. The van der Waals surface area contributed by atoms with Crippen LogP contribution in [0.1, 0.15) is 92.4 Å². The maximum atomic E-state index is 2.50. The Morgan fingerprint density at radius 2 is 1.62 bits per heavy atom. The minimum absolute atomic E-state index is 0.613. The van der Waals surface area contributed by atoms with Gasteiger partial charge < -0.3 is 0 Å². The first-order chi connectivity index (χ1) is 7.61. The van der Waals surface area contributed by atoms with E-state index in [9.17, 15) is 0 Å². The minimum atomic E-state index is 0.613. The third kappa shape index (κ3) is 6.55. The molecule has 0 aliphatic heterocycles. The molecular formula is C16H34. The molecule has 0 aromatic carbocycles. The van der Waals surface area contributed by atoms with Crippen molar-refractivity contribution in [3.63, 3.8) is 0 Å². The molecule has 98 valence electrons. The molecule has 0 fully saturated rings. The van der Waals surface area contributed by atoms with Crippen molar-refractivity contribution < 1.29 is 0 Å². The highest BCUT2D eigenvalue weighted by Gasteiger charge is 2.24. The number of unbranched alkanes of at least 4 members (excludes halogenated alkanes) is 2. The Morgan fingerprint density at radius 1 is 0.938 bits per heavy atom. The average molecular weight is 226 g/mol. The van der Waals surface area contributed by atoms with Crippen LogP contribution in [0.5, 0.6) is 0 Å². The van der Waals surface area contributed by atoms with Gasteiger partial charge in [-0.15, -0.1) is 0 Å². The van der Waals surface area contributed by atoms with Gasteiger partial charge in [0.25, 0.3) is 0 Å². The molecule has 0 aromatic heterocycles. The molecule has 0 nitrogen and oxygen atoms in total. The molecule has 0 amide bonds. The first-order valence-electron chi connectivity index (χ1n) is 7.61. The summed E-state index contributed by atoms with van der Waals surface area (Å²) in [6, 6.07) is 0. The fourth-order valence-electron chi connectivity index (χ4n) is 2.86. The van der Waals surface area contributed by atoms with Crippen LogP contribution in [0.4, 0.5) is 0 Å². The largest absolute Gasteiger partial charge is 0.0654 e. The Labute approximate surface area is 104 Å². The van der Waals surface area contributed by atoms with E-state index < -0.39 is 0 Å². The van der Waals surface area contributed by atoms with Gasteiger partial charge in [0.2, 0.25) is 0 Å². The molecule has 16 heavy (non-hydrogen) atoms. The molecule has 0 saturated heterocycles. The Balaban J connectivity index is 4.05. The maximum Gasteiger partial charge on any atom is -0.0326 e. The second kappa shape index (κ2) is 9.07. The summed E-state index contributed by atoms with van der Waals surface area (Å²) in [6.07, 6.45) is 12.6. The Kier molecular flexibility index (Phi) is 9.07. The van der Waals surface area contributed by atoms with E-state index >= 15 is 0 Å². The number of hydrogen-bond donors (Lipinski definition) is 0. The van der Waals surface area contributed by atoms with Gasteiger partial charge >= 0.3 is 0 Å². The lowest BCUT2D eigenvalue weighted by Gasteiger charge is -2.32. The molecule has 0 N–H and O–H groups in total. The maximum absolute atomic E-state index is 2.50. The van der Waals surface area contributed by atoms with Crippen molar-refractivity contribution in [2.75, 3.05) is 0 Å². The van der Waals surface area contributed by atoms with Crippen molar-refractivity contribution in [1.82, 2.24) is 0 Å². The monoisotopic (exact) mass is 226 g/mol. The molecule has 0 aliphatic rings. The molecule has 2 atom stereocenters. The molecule has 0 spiro atoms. The van der Waals surface area contributed by atoms with E-state index in [4.69, 9.17) is 0 Å². The van der Waals surface area contributed by atoms with Gasteiger partial charge in [-0.3, -0.25) is 0 Å². The fraction of sp³-hybridized carbons (Fsp3) is 1.00. The molecule has 0 aliphatic carbocycles. The zero-order valence-electron chi connectivity index (χ0n) is 12.4. The predicted molar refractivity (Wildman–Crippen MR) is 75.8 cm³/mol. The highest BCUT2D eigenvalue weighted by atomic mass is 14.3. The van der Waals surface area contributed by atoms with Gasteiger partial charge in [0.05, 0.1) is 0 Å². The van der Waals surface area contributed by atoms with Crippen LogP contribution in [-0.4, -0.2) is 0 Å². The normalized spacial score (nSPS) is 17.1. The molecule has 2 unspecified atom stereocenters. The first-order valence-corrected chi connectivity index (χ1v) is 7.61. The van der Waals surface area contributed by atoms with E-state index in [2.05, 4.69) is 34.6 Å². The lowest BCUT2D eigenvalue weighted by atomic mass is 9.74. The van der Waals surface area contributed by atoms with Crippen LogP contribution in [0.2, 0.25) is 0 Å². The SMILES string of the molecule is CCCCCC(CC)CC(C)(CC)CCC. The smallest absolute Gasteiger partial charge is 0.0326 e. The van der Waals surface area contributed by atoms with Crippen LogP contribution in [0, 0.1) is 11.3 Å². The minimum Gasteiger partial charge on any atom is -0.0654 e. The van der Waals surface area contributed by atoms with Crippen molar-refractivity contribution in [2.45, 2.75) is 92.4 Å². The highest BCUT2D eigenvalue weighted by molar-refractivity contribution is 4.76. The Bertz CT molecular complexity index is 150. The van der Waals surface area contributed by atoms with Crippen molar-refractivity contribution in [1.29, 1.82) is 0 Å². The van der Waals surface area contributed by atoms with E-state index in [-0.39, 0.29) is 0 Å². The predicted octanol–water partition coefficient (Wildman–Crippen LogP) is 6.20. The lowest BCUT2D eigenvalue weighted by molar-refractivity contribution is 0.198. The van der Waals surface area contributed by atoms with E-state index in [1.807, 2.05) is 0 Å². The van der Waals surface area contributed by atoms with Crippen LogP contribution >= 0.6 is 0 Å². The van der Waals surface area contributed by atoms with Gasteiger partial charge in [-0.05, 0) is 24.2 Å². The van der Waals surface area contributed by atoms with E-state index in [0.29, 0.717) is 5.41 Å². The summed E-state index contributed by atoms with van der Waals surface area (Å²) in [4.78, 5) is 0. The zero-order valence-corrected chi connectivity index (χ0v) is 12.4. The van der Waals surface area contributed by atoms with E-state index in [1.54, 1.807) is 0 Å². The third-order valence-corrected chi connectivity index (χ3v) is 4.28. The number of hydrogen-bond acceptors (Lipinski definition) is 0. The topological polar surface area (TPSA) is 0 Å². The lowest BCUT2D eigenvalue weighted by Crippen LogP contribution is -2.19. The van der Waals surface area contributed by atoms with Crippen LogP contribution in [-0.2, 0) is 0 Å². The van der Waals surface area contributed by atoms with Gasteiger partial charge in [-0.2, -0.15) is 0 Å². The summed E-state index contributed by atoms with van der Waals surface area (Å²) in [5.74, 6) is 0.975. The Hall–Kier alpha value is 0. The van der Waals surface area contributed by atoms with Gasteiger partial charge in [0.15, 0.2) is 0 Å². The highest BCUT2D eigenvalue weighted by Crippen LogP contribution is 2.37. The molecule has 0 heterocycles. The summed E-state index contributed by atoms with van der Waals surface area (Å²) in [5.41, 5.74) is 0.613. The third-order valence-electron chi connectivity index (χ3n) is 4.28. The second-order valence-corrected chi connectivity index (χ2v) is 5.89.